The Hall–Kier alpha value is -1.15. The third kappa shape index (κ3) is 2.49. The zero-order chi connectivity index (χ0) is 13.3. The minimum absolute atomic E-state index is 0.391. The van der Waals surface area contributed by atoms with E-state index in [4.69, 9.17) is 0 Å². The molecule has 2 atom stereocenters. The standard InChI is InChI=1S/C10H17N3O4S/c1-7-9(14)12-10(15)13(7)6-18(16,17)8-3-2-4-11-5-8/h7-8,11H,2-6H2,1H3,(H,12,14,15)/t7-,8?/m0/s1. The second-order valence-electron chi connectivity index (χ2n) is 4.70. The Morgan fingerprint density at radius 1 is 1.39 bits per heavy atom. The third-order valence-electron chi connectivity index (χ3n) is 3.42. The lowest BCUT2D eigenvalue weighted by Gasteiger charge is -2.26. The van der Waals surface area contributed by atoms with E-state index >= 15 is 0 Å². The minimum Gasteiger partial charge on any atom is -0.315 e. The van der Waals surface area contributed by atoms with E-state index in [-0.39, 0.29) is 0 Å². The Balaban J connectivity index is 2.08. The van der Waals surface area contributed by atoms with Gasteiger partial charge in [-0.25, -0.2) is 13.2 Å². The molecule has 2 rings (SSSR count). The number of carbonyl (C=O) groups excluding carboxylic acids is 2. The van der Waals surface area contributed by atoms with Gasteiger partial charge in [0.05, 0.1) is 5.25 Å². The number of sulfone groups is 1. The van der Waals surface area contributed by atoms with Crippen molar-refractivity contribution in [2.45, 2.75) is 31.1 Å². The van der Waals surface area contributed by atoms with Crippen molar-refractivity contribution in [3.63, 3.8) is 0 Å². The lowest BCUT2D eigenvalue weighted by molar-refractivity contribution is -0.120. The number of hydrogen-bond acceptors (Lipinski definition) is 5. The molecule has 0 spiro atoms. The van der Waals surface area contributed by atoms with E-state index in [1.165, 1.54) is 6.92 Å². The zero-order valence-corrected chi connectivity index (χ0v) is 11.0. The molecule has 0 bridgehead atoms. The predicted octanol–water partition coefficient (Wildman–Crippen LogP) is -0.949. The van der Waals surface area contributed by atoms with Crippen molar-refractivity contribution in [1.29, 1.82) is 0 Å². The van der Waals surface area contributed by atoms with Gasteiger partial charge >= 0.3 is 6.03 Å². The molecular formula is C10H17N3O4S. The first-order valence-electron chi connectivity index (χ1n) is 5.95. The fourth-order valence-corrected chi connectivity index (χ4v) is 4.03. The Morgan fingerprint density at radius 3 is 2.61 bits per heavy atom. The van der Waals surface area contributed by atoms with Gasteiger partial charge in [-0.1, -0.05) is 0 Å². The van der Waals surface area contributed by atoms with Crippen molar-refractivity contribution in [3.8, 4) is 0 Å². The molecule has 2 aliphatic rings. The van der Waals surface area contributed by atoms with E-state index < -0.39 is 38.9 Å². The summed E-state index contributed by atoms with van der Waals surface area (Å²) < 4.78 is 24.3. The van der Waals surface area contributed by atoms with Gasteiger partial charge in [0.1, 0.15) is 11.9 Å². The van der Waals surface area contributed by atoms with Crippen LogP contribution in [0, 0.1) is 0 Å². The van der Waals surface area contributed by atoms with E-state index in [2.05, 4.69) is 10.6 Å². The highest BCUT2D eigenvalue weighted by Gasteiger charge is 2.39. The number of nitrogens with zero attached hydrogens (tertiary/aromatic N) is 1. The van der Waals surface area contributed by atoms with E-state index in [9.17, 15) is 18.0 Å². The summed E-state index contributed by atoms with van der Waals surface area (Å²) in [4.78, 5) is 23.8. The van der Waals surface area contributed by atoms with Gasteiger partial charge in [0.25, 0.3) is 5.91 Å². The highest BCUT2D eigenvalue weighted by molar-refractivity contribution is 7.92. The fraction of sp³-hybridized carbons (Fsp3) is 0.800. The highest BCUT2D eigenvalue weighted by atomic mass is 32.2. The first-order valence-corrected chi connectivity index (χ1v) is 7.67. The van der Waals surface area contributed by atoms with E-state index in [0.29, 0.717) is 13.0 Å². The monoisotopic (exact) mass is 275 g/mol. The van der Waals surface area contributed by atoms with Gasteiger partial charge < -0.3 is 5.32 Å². The number of nitrogens with one attached hydrogen (secondary N) is 2. The fourth-order valence-electron chi connectivity index (χ4n) is 2.20. The summed E-state index contributed by atoms with van der Waals surface area (Å²) in [5, 5.41) is 4.67. The smallest absolute Gasteiger partial charge is 0.315 e. The number of rotatable bonds is 3. The molecule has 7 nitrogen and oxygen atoms in total. The highest BCUT2D eigenvalue weighted by Crippen LogP contribution is 2.17. The summed E-state index contributed by atoms with van der Waals surface area (Å²) in [6, 6.07) is -1.34. The largest absolute Gasteiger partial charge is 0.325 e. The maximum absolute atomic E-state index is 12.2. The molecule has 2 heterocycles. The van der Waals surface area contributed by atoms with Crippen LogP contribution in [0.25, 0.3) is 0 Å². The molecule has 1 unspecified atom stereocenters. The van der Waals surface area contributed by atoms with Crippen LogP contribution >= 0.6 is 0 Å². The number of amides is 3. The molecule has 0 saturated carbocycles. The molecular weight excluding hydrogens is 258 g/mol. The molecule has 2 saturated heterocycles. The molecule has 3 amide bonds. The molecule has 2 fully saturated rings. The number of carbonyl (C=O) groups is 2. The second kappa shape index (κ2) is 4.85. The molecule has 0 radical (unpaired) electrons. The molecule has 18 heavy (non-hydrogen) atoms. The second-order valence-corrected chi connectivity index (χ2v) is 6.95. The Morgan fingerprint density at radius 2 is 2.11 bits per heavy atom. The van der Waals surface area contributed by atoms with Crippen molar-refractivity contribution in [1.82, 2.24) is 15.5 Å². The molecule has 0 aliphatic carbocycles. The molecule has 0 aromatic rings. The van der Waals surface area contributed by atoms with Crippen LogP contribution in [0.5, 0.6) is 0 Å². The van der Waals surface area contributed by atoms with Gasteiger partial charge in [0.15, 0.2) is 9.84 Å². The first-order chi connectivity index (χ1) is 8.42. The quantitative estimate of drug-likeness (QED) is 0.648. The summed E-state index contributed by atoms with van der Waals surface area (Å²) in [6.07, 6.45) is 1.41. The normalized spacial score (nSPS) is 29.5. The number of piperidine rings is 1. The molecule has 0 aromatic heterocycles. The number of urea groups is 1. The van der Waals surface area contributed by atoms with Crippen molar-refractivity contribution >= 4 is 21.8 Å². The predicted molar refractivity (Wildman–Crippen MR) is 64.5 cm³/mol. The first kappa shape index (κ1) is 13.3. The summed E-state index contributed by atoms with van der Waals surface area (Å²) in [6.45, 7) is 2.76. The summed E-state index contributed by atoms with van der Waals surface area (Å²) >= 11 is 0. The van der Waals surface area contributed by atoms with E-state index in [0.717, 1.165) is 17.9 Å². The van der Waals surface area contributed by atoms with Crippen LogP contribution in [0.3, 0.4) is 0 Å². The van der Waals surface area contributed by atoms with E-state index in [1.54, 1.807) is 0 Å². The minimum atomic E-state index is -3.41. The van der Waals surface area contributed by atoms with Gasteiger partial charge in [-0.15, -0.1) is 0 Å². The topological polar surface area (TPSA) is 95.6 Å². The van der Waals surface area contributed by atoms with Crippen molar-refractivity contribution in [3.05, 3.63) is 0 Å². The van der Waals surface area contributed by atoms with Crippen molar-refractivity contribution in [2.75, 3.05) is 19.0 Å². The van der Waals surface area contributed by atoms with Crippen LogP contribution < -0.4 is 10.6 Å². The van der Waals surface area contributed by atoms with Crippen molar-refractivity contribution in [2.24, 2.45) is 0 Å². The summed E-state index contributed by atoms with van der Waals surface area (Å²) in [7, 11) is -3.41. The van der Waals surface area contributed by atoms with Crippen LogP contribution in [-0.4, -0.2) is 55.5 Å². The maximum atomic E-state index is 12.2. The van der Waals surface area contributed by atoms with Crippen molar-refractivity contribution < 1.29 is 18.0 Å². The summed E-state index contributed by atoms with van der Waals surface area (Å²) in [5.41, 5.74) is 0. The molecule has 2 N–H and O–H groups in total. The molecule has 8 heteroatoms. The van der Waals surface area contributed by atoms with Gasteiger partial charge in [0.2, 0.25) is 0 Å². The molecule has 2 aliphatic heterocycles. The van der Waals surface area contributed by atoms with E-state index in [1.807, 2.05) is 0 Å². The van der Waals surface area contributed by atoms with Crippen LogP contribution in [0.15, 0.2) is 0 Å². The molecule has 0 aromatic carbocycles. The summed E-state index contributed by atoms with van der Waals surface area (Å²) in [5.74, 6) is -0.838. The van der Waals surface area contributed by atoms with Crippen LogP contribution in [0.2, 0.25) is 0 Å². The number of imide groups is 1. The Bertz CT molecular complexity index is 456. The zero-order valence-electron chi connectivity index (χ0n) is 10.2. The number of hydrogen-bond donors (Lipinski definition) is 2. The third-order valence-corrected chi connectivity index (χ3v) is 5.47. The van der Waals surface area contributed by atoms with Crippen LogP contribution in [0.4, 0.5) is 4.79 Å². The van der Waals surface area contributed by atoms with Gasteiger partial charge in [-0.2, -0.15) is 0 Å². The van der Waals surface area contributed by atoms with Crippen LogP contribution in [0.1, 0.15) is 19.8 Å². The van der Waals surface area contributed by atoms with Gasteiger partial charge in [-0.3, -0.25) is 15.0 Å². The molecule has 102 valence electrons. The average molecular weight is 275 g/mol. The Kier molecular flexibility index (Phi) is 3.58. The lowest BCUT2D eigenvalue weighted by atomic mass is 10.2. The Labute approximate surface area is 106 Å². The lowest BCUT2D eigenvalue weighted by Crippen LogP contribution is -2.45. The van der Waals surface area contributed by atoms with Crippen LogP contribution in [-0.2, 0) is 14.6 Å². The maximum Gasteiger partial charge on any atom is 0.325 e. The SMILES string of the molecule is C[C@H]1C(=O)NC(=O)N1CS(=O)(=O)C1CCCNC1. The van der Waals surface area contributed by atoms with Gasteiger partial charge in [-0.05, 0) is 26.3 Å². The average Bonchev–Trinajstić information content (AvgIpc) is 2.57. The van der Waals surface area contributed by atoms with Gasteiger partial charge in [0, 0.05) is 6.54 Å².